The van der Waals surface area contributed by atoms with Crippen LogP contribution >= 0.6 is 0 Å². The third-order valence-electron chi connectivity index (χ3n) is 8.41. The first kappa shape index (κ1) is 25.4. The molecule has 3 aromatic rings. The summed E-state index contributed by atoms with van der Waals surface area (Å²) in [7, 11) is 0. The predicted octanol–water partition coefficient (Wildman–Crippen LogP) is 5.91. The van der Waals surface area contributed by atoms with E-state index in [9.17, 15) is 9.59 Å². The Morgan fingerprint density at radius 1 is 0.973 bits per heavy atom. The fourth-order valence-electron chi connectivity index (χ4n) is 6.42. The lowest BCUT2D eigenvalue weighted by Gasteiger charge is -2.41. The average Bonchev–Trinajstić information content (AvgIpc) is 3.31. The summed E-state index contributed by atoms with van der Waals surface area (Å²) in [6.45, 7) is 2.30. The first-order valence-corrected chi connectivity index (χ1v) is 13.9. The smallest absolute Gasteiger partial charge is 0.408 e. The van der Waals surface area contributed by atoms with Crippen LogP contribution < -0.4 is 10.6 Å². The van der Waals surface area contributed by atoms with Gasteiger partial charge >= 0.3 is 6.09 Å². The van der Waals surface area contributed by atoms with Crippen LogP contribution in [0.15, 0.2) is 60.8 Å². The number of amides is 2. The van der Waals surface area contributed by atoms with Gasteiger partial charge < -0.3 is 20.4 Å². The van der Waals surface area contributed by atoms with Crippen molar-refractivity contribution in [2.75, 3.05) is 6.54 Å². The van der Waals surface area contributed by atoms with Gasteiger partial charge in [-0.25, -0.2) is 4.79 Å². The quantitative estimate of drug-likeness (QED) is 0.359. The summed E-state index contributed by atoms with van der Waals surface area (Å²) < 4.78 is 6.05. The molecular formula is C31H39N3O3. The van der Waals surface area contributed by atoms with Crippen LogP contribution in [0.3, 0.4) is 0 Å². The molecule has 2 aromatic carbocycles. The molecule has 1 heterocycles. The molecular weight excluding hydrogens is 462 g/mol. The van der Waals surface area contributed by atoms with Gasteiger partial charge in [-0.15, -0.1) is 0 Å². The lowest BCUT2D eigenvalue weighted by molar-refractivity contribution is -0.127. The number of carbonyl (C=O) groups is 2. The Balaban J connectivity index is 1.30. The zero-order valence-electron chi connectivity index (χ0n) is 21.8. The number of para-hydroxylation sites is 1. The van der Waals surface area contributed by atoms with Crippen LogP contribution in [0.2, 0.25) is 0 Å². The molecule has 5 rings (SSSR count). The zero-order valence-corrected chi connectivity index (χ0v) is 21.8. The highest BCUT2D eigenvalue weighted by Crippen LogP contribution is 2.41. The number of benzene rings is 2. The lowest BCUT2D eigenvalue weighted by atomic mass is 9.69. The summed E-state index contributed by atoms with van der Waals surface area (Å²) in [5, 5.41) is 7.12. The number of aromatic nitrogens is 1. The van der Waals surface area contributed by atoms with Gasteiger partial charge in [0.2, 0.25) is 5.91 Å². The molecule has 2 saturated carbocycles. The summed E-state index contributed by atoms with van der Waals surface area (Å²) in [5.41, 5.74) is 2.01. The SMILES string of the molecule is C[C@](Cc1c[nH]c2ccccc12)(NC(=O)OC1CCC[C@H]2CCCC[C@@H]12)C(=O)NCCc1ccccc1. The van der Waals surface area contributed by atoms with E-state index in [1.54, 1.807) is 6.92 Å². The van der Waals surface area contributed by atoms with E-state index >= 15 is 0 Å². The summed E-state index contributed by atoms with van der Waals surface area (Å²) in [6, 6.07) is 18.1. The van der Waals surface area contributed by atoms with Crippen LogP contribution in [0.1, 0.15) is 63.0 Å². The molecule has 1 aromatic heterocycles. The topological polar surface area (TPSA) is 83.2 Å². The number of ether oxygens (including phenoxy) is 1. The van der Waals surface area contributed by atoms with E-state index in [2.05, 4.69) is 27.8 Å². The standard InChI is InChI=1S/C31H39N3O3/c1-31(20-24-21-33-27-16-8-7-14-25(24)27,29(35)32-19-18-22-10-3-2-4-11-22)34-30(36)37-28-17-9-13-23-12-5-6-15-26(23)28/h2-4,7-8,10-11,14,16,21,23,26,28,33H,5-6,9,12-13,15,17-20H2,1H3,(H,32,35)(H,34,36)/t23-,26-,28?,31-/m1/s1. The Morgan fingerprint density at radius 3 is 2.59 bits per heavy atom. The van der Waals surface area contributed by atoms with E-state index in [-0.39, 0.29) is 12.0 Å². The second-order valence-corrected chi connectivity index (χ2v) is 11.1. The fraction of sp³-hybridized carbons (Fsp3) is 0.484. The number of hydrogen-bond acceptors (Lipinski definition) is 3. The van der Waals surface area contributed by atoms with Gasteiger partial charge in [-0.1, -0.05) is 67.8 Å². The molecule has 4 atom stereocenters. The largest absolute Gasteiger partial charge is 0.446 e. The molecule has 0 saturated heterocycles. The Bertz CT molecular complexity index is 1200. The summed E-state index contributed by atoms with van der Waals surface area (Å²) in [6.07, 6.45) is 10.6. The molecule has 2 fully saturated rings. The van der Waals surface area contributed by atoms with Gasteiger partial charge in [-0.05, 0) is 68.1 Å². The second-order valence-electron chi connectivity index (χ2n) is 11.1. The Hall–Kier alpha value is -3.28. The molecule has 1 unspecified atom stereocenters. The first-order valence-electron chi connectivity index (χ1n) is 13.9. The third-order valence-corrected chi connectivity index (χ3v) is 8.41. The van der Waals surface area contributed by atoms with E-state index < -0.39 is 11.6 Å². The molecule has 37 heavy (non-hydrogen) atoms. The van der Waals surface area contributed by atoms with Crippen molar-refractivity contribution in [2.45, 2.75) is 76.4 Å². The number of fused-ring (bicyclic) bond motifs is 2. The molecule has 0 aliphatic heterocycles. The molecule has 0 radical (unpaired) electrons. The van der Waals surface area contributed by atoms with Gasteiger partial charge in [0.25, 0.3) is 0 Å². The average molecular weight is 502 g/mol. The highest BCUT2D eigenvalue weighted by atomic mass is 16.6. The van der Waals surface area contributed by atoms with Crippen molar-refractivity contribution in [1.29, 1.82) is 0 Å². The predicted molar refractivity (Wildman–Crippen MR) is 146 cm³/mol. The van der Waals surface area contributed by atoms with Gasteiger partial charge in [0.05, 0.1) is 0 Å². The number of aromatic amines is 1. The molecule has 0 bridgehead atoms. The van der Waals surface area contributed by atoms with Crippen LogP contribution in [-0.2, 0) is 22.4 Å². The maximum absolute atomic E-state index is 13.6. The summed E-state index contributed by atoms with van der Waals surface area (Å²) >= 11 is 0. The van der Waals surface area contributed by atoms with E-state index in [1.165, 1.54) is 25.7 Å². The van der Waals surface area contributed by atoms with Crippen molar-refractivity contribution < 1.29 is 14.3 Å². The van der Waals surface area contributed by atoms with Crippen molar-refractivity contribution in [1.82, 2.24) is 15.6 Å². The Morgan fingerprint density at radius 2 is 1.73 bits per heavy atom. The maximum Gasteiger partial charge on any atom is 0.408 e. The zero-order chi connectivity index (χ0) is 25.7. The normalized spacial score (nSPS) is 23.0. The van der Waals surface area contributed by atoms with Crippen molar-refractivity contribution >= 4 is 22.9 Å². The maximum atomic E-state index is 13.6. The van der Waals surface area contributed by atoms with E-state index in [0.29, 0.717) is 24.8 Å². The number of nitrogens with one attached hydrogen (secondary N) is 3. The van der Waals surface area contributed by atoms with Crippen LogP contribution in [0, 0.1) is 11.8 Å². The number of hydrogen-bond donors (Lipinski definition) is 3. The molecule has 6 heteroatoms. The van der Waals surface area contributed by atoms with Gasteiger partial charge in [-0.2, -0.15) is 0 Å². The molecule has 6 nitrogen and oxygen atoms in total. The molecule has 0 spiro atoms. The number of carbonyl (C=O) groups excluding carboxylic acids is 2. The number of H-pyrrole nitrogens is 1. The van der Waals surface area contributed by atoms with Gasteiger partial charge in [0.15, 0.2) is 0 Å². The van der Waals surface area contributed by atoms with Gasteiger partial charge in [0.1, 0.15) is 11.6 Å². The summed E-state index contributed by atoms with van der Waals surface area (Å²) in [4.78, 5) is 30.1. The van der Waals surface area contributed by atoms with Crippen molar-refractivity contribution in [3.63, 3.8) is 0 Å². The monoisotopic (exact) mass is 501 g/mol. The Kier molecular flexibility index (Phi) is 7.82. The van der Waals surface area contributed by atoms with Crippen molar-refractivity contribution in [3.8, 4) is 0 Å². The van der Waals surface area contributed by atoms with Crippen LogP contribution in [0.25, 0.3) is 10.9 Å². The van der Waals surface area contributed by atoms with E-state index in [0.717, 1.165) is 47.7 Å². The number of alkyl carbamates (subject to hydrolysis) is 1. The minimum Gasteiger partial charge on any atom is -0.446 e. The molecule has 196 valence electrons. The molecule has 2 aliphatic rings. The van der Waals surface area contributed by atoms with Crippen molar-refractivity contribution in [3.05, 3.63) is 71.9 Å². The summed E-state index contributed by atoms with van der Waals surface area (Å²) in [5.74, 6) is 0.914. The van der Waals surface area contributed by atoms with Crippen LogP contribution in [0.4, 0.5) is 4.79 Å². The van der Waals surface area contributed by atoms with Gasteiger partial charge in [-0.3, -0.25) is 4.79 Å². The minimum atomic E-state index is -1.15. The lowest BCUT2D eigenvalue weighted by Crippen LogP contribution is -2.59. The van der Waals surface area contributed by atoms with E-state index in [1.807, 2.05) is 48.7 Å². The Labute approximate surface area is 219 Å². The van der Waals surface area contributed by atoms with Crippen LogP contribution in [0.5, 0.6) is 0 Å². The highest BCUT2D eigenvalue weighted by Gasteiger charge is 2.40. The number of rotatable bonds is 8. The van der Waals surface area contributed by atoms with E-state index in [4.69, 9.17) is 4.74 Å². The van der Waals surface area contributed by atoms with Gasteiger partial charge in [0, 0.05) is 30.1 Å². The molecule has 3 N–H and O–H groups in total. The first-order chi connectivity index (χ1) is 18.0. The minimum absolute atomic E-state index is 0.0578. The fourth-order valence-corrected chi connectivity index (χ4v) is 6.42. The second kappa shape index (κ2) is 11.4. The third kappa shape index (κ3) is 6.00. The molecule has 2 amide bonds. The molecule has 2 aliphatic carbocycles. The van der Waals surface area contributed by atoms with Crippen molar-refractivity contribution in [2.24, 2.45) is 11.8 Å². The van der Waals surface area contributed by atoms with Crippen LogP contribution in [-0.4, -0.2) is 35.2 Å². The highest BCUT2D eigenvalue weighted by molar-refractivity contribution is 5.91.